The highest BCUT2D eigenvalue weighted by Crippen LogP contribution is 2.41. The molecule has 232 valence electrons. The molecule has 1 saturated heterocycles. The first-order valence-corrected chi connectivity index (χ1v) is 14.2. The van der Waals surface area contributed by atoms with E-state index in [1.807, 2.05) is 13.8 Å². The highest BCUT2D eigenvalue weighted by atomic mass is 35.5. The first-order chi connectivity index (χ1) is 21.4. The highest BCUT2D eigenvalue weighted by molar-refractivity contribution is 6.30. The van der Waals surface area contributed by atoms with E-state index in [2.05, 4.69) is 15.0 Å². The van der Waals surface area contributed by atoms with Gasteiger partial charge in [-0.3, -0.25) is 0 Å². The molecule has 1 aliphatic heterocycles. The molecular weight excluding hydrogens is 616 g/mol. The molecule has 1 atom stereocenters. The Hall–Kier alpha value is -4.55. The number of carboxylic acids is 1. The van der Waals surface area contributed by atoms with Gasteiger partial charge in [0.25, 0.3) is 0 Å². The van der Waals surface area contributed by atoms with Crippen molar-refractivity contribution in [1.82, 2.24) is 19.5 Å². The number of benzene rings is 3. The third-order valence-corrected chi connectivity index (χ3v) is 8.03. The zero-order valence-corrected chi connectivity index (χ0v) is 24.7. The topological polar surface area (TPSA) is 99.4 Å². The van der Waals surface area contributed by atoms with E-state index in [0.717, 1.165) is 24.3 Å². The number of aromatic carboxylic acids is 1. The van der Waals surface area contributed by atoms with E-state index in [4.69, 9.17) is 21.1 Å². The number of fused-ring (bicyclic) bond motifs is 1. The normalized spacial score (nSPS) is 15.9. The third kappa shape index (κ3) is 5.95. The van der Waals surface area contributed by atoms with E-state index in [9.17, 15) is 14.3 Å². The van der Waals surface area contributed by atoms with E-state index in [0.29, 0.717) is 6.61 Å². The lowest BCUT2D eigenvalue weighted by molar-refractivity contribution is 0.0696. The minimum absolute atomic E-state index is 0.0277. The minimum atomic E-state index is -1.31. The second kappa shape index (κ2) is 11.8. The number of ether oxygens (including phenoxy) is 2. The molecule has 0 bridgehead atoms. The SMILES string of the molecule is CC1(C)COC[C@H]1n1c(Cc2cc(F)c(-c3ccnc(OCc4ccc(Cl)cc4F)n3)cc2F)nc2c(F)cc(C(=O)O)cc21. The fourth-order valence-corrected chi connectivity index (χ4v) is 5.57. The second-order valence-electron chi connectivity index (χ2n) is 11.4. The van der Waals surface area contributed by atoms with Crippen molar-refractivity contribution in [1.29, 1.82) is 0 Å². The summed E-state index contributed by atoms with van der Waals surface area (Å²) in [6, 6.07) is 9.09. The number of rotatable bonds is 8. The van der Waals surface area contributed by atoms with Crippen LogP contribution < -0.4 is 4.74 Å². The Morgan fingerprint density at radius 3 is 2.51 bits per heavy atom. The van der Waals surface area contributed by atoms with Gasteiger partial charge in [-0.15, -0.1) is 0 Å². The van der Waals surface area contributed by atoms with Crippen LogP contribution in [0.15, 0.2) is 54.7 Å². The number of hydrogen-bond acceptors (Lipinski definition) is 6. The van der Waals surface area contributed by atoms with Gasteiger partial charge in [0.2, 0.25) is 0 Å². The summed E-state index contributed by atoms with van der Waals surface area (Å²) in [5.74, 6) is -4.09. The van der Waals surface area contributed by atoms with Crippen molar-refractivity contribution in [3.8, 4) is 17.3 Å². The van der Waals surface area contributed by atoms with Crippen LogP contribution in [0.3, 0.4) is 0 Å². The van der Waals surface area contributed by atoms with E-state index in [1.54, 1.807) is 4.57 Å². The van der Waals surface area contributed by atoms with Gasteiger partial charge in [-0.2, -0.15) is 4.98 Å². The molecule has 0 saturated carbocycles. The van der Waals surface area contributed by atoms with E-state index in [1.165, 1.54) is 30.5 Å². The van der Waals surface area contributed by atoms with Gasteiger partial charge in [-0.25, -0.2) is 32.3 Å². The third-order valence-electron chi connectivity index (χ3n) is 7.80. The summed E-state index contributed by atoms with van der Waals surface area (Å²) >= 11 is 5.78. The molecule has 6 rings (SSSR count). The molecular formula is C32H25ClF4N4O4. The molecule has 13 heteroatoms. The quantitative estimate of drug-likeness (QED) is 0.180. The second-order valence-corrected chi connectivity index (χ2v) is 11.8. The van der Waals surface area contributed by atoms with Gasteiger partial charge in [0.1, 0.15) is 35.4 Å². The fraction of sp³-hybridized carbons (Fsp3) is 0.250. The molecule has 0 unspecified atom stereocenters. The summed E-state index contributed by atoms with van der Waals surface area (Å²) < 4.78 is 73.2. The predicted molar refractivity (Wildman–Crippen MR) is 156 cm³/mol. The van der Waals surface area contributed by atoms with Crippen molar-refractivity contribution < 1.29 is 36.9 Å². The van der Waals surface area contributed by atoms with Crippen LogP contribution in [-0.2, 0) is 17.8 Å². The molecule has 1 aliphatic rings. The Labute approximate surface area is 259 Å². The lowest BCUT2D eigenvalue weighted by Gasteiger charge is -2.28. The van der Waals surface area contributed by atoms with Gasteiger partial charge >= 0.3 is 12.0 Å². The number of nitrogens with zero attached hydrogens (tertiary/aromatic N) is 4. The van der Waals surface area contributed by atoms with E-state index >= 15 is 13.2 Å². The highest BCUT2D eigenvalue weighted by Gasteiger charge is 2.39. The summed E-state index contributed by atoms with van der Waals surface area (Å²) in [6.07, 6.45) is 1.08. The van der Waals surface area contributed by atoms with Crippen LogP contribution in [0.4, 0.5) is 17.6 Å². The predicted octanol–water partition coefficient (Wildman–Crippen LogP) is 7.17. The average molecular weight is 641 g/mol. The number of halogens is 5. The Morgan fingerprint density at radius 2 is 1.80 bits per heavy atom. The molecule has 3 aromatic carbocycles. The summed E-state index contributed by atoms with van der Waals surface area (Å²) in [6.45, 7) is 4.29. The average Bonchev–Trinajstić information content (AvgIpc) is 3.52. The maximum atomic E-state index is 15.6. The molecule has 0 amide bonds. The van der Waals surface area contributed by atoms with Crippen molar-refractivity contribution >= 4 is 28.6 Å². The smallest absolute Gasteiger partial charge is 0.335 e. The number of carbonyl (C=O) groups is 1. The van der Waals surface area contributed by atoms with Crippen molar-refractivity contribution in [2.45, 2.75) is 32.9 Å². The summed E-state index contributed by atoms with van der Waals surface area (Å²) in [5.41, 5.74) is -0.579. The number of aromatic nitrogens is 4. The van der Waals surface area contributed by atoms with Gasteiger partial charge in [0, 0.05) is 34.2 Å². The molecule has 45 heavy (non-hydrogen) atoms. The first-order valence-electron chi connectivity index (χ1n) is 13.8. The largest absolute Gasteiger partial charge is 0.478 e. The van der Waals surface area contributed by atoms with Crippen molar-refractivity contribution in [3.63, 3.8) is 0 Å². The summed E-state index contributed by atoms with van der Waals surface area (Å²) in [4.78, 5) is 24.2. The van der Waals surface area contributed by atoms with Gasteiger partial charge in [0.05, 0.1) is 36.0 Å². The molecule has 1 fully saturated rings. The van der Waals surface area contributed by atoms with Crippen LogP contribution in [0.2, 0.25) is 5.02 Å². The standard InChI is InChI=1S/C32H25ClF4N4O4/c1-32(2)15-44-14-27(32)41-26-9-18(30(42)43)8-24(37)29(26)40-28(41)10-17-7-23(36)20(12-22(17)35)25-5-6-38-31(39-25)45-13-16-3-4-19(33)11-21(16)34/h3-9,11-12,27H,10,13-15H2,1-2H3,(H,42,43)/t27-/m1/s1. The molecule has 2 aromatic heterocycles. The molecule has 8 nitrogen and oxygen atoms in total. The van der Waals surface area contributed by atoms with E-state index < -0.39 is 34.7 Å². The molecule has 1 N–H and O–H groups in total. The maximum absolute atomic E-state index is 15.6. The van der Waals surface area contributed by atoms with Crippen molar-refractivity contribution in [2.24, 2.45) is 5.41 Å². The van der Waals surface area contributed by atoms with Crippen LogP contribution in [0.25, 0.3) is 22.3 Å². The van der Waals surface area contributed by atoms with E-state index in [-0.39, 0.29) is 81.5 Å². The monoisotopic (exact) mass is 640 g/mol. The Kier molecular flexibility index (Phi) is 7.96. The van der Waals surface area contributed by atoms with Gasteiger partial charge < -0.3 is 19.1 Å². The van der Waals surface area contributed by atoms with Crippen LogP contribution in [0, 0.1) is 28.7 Å². The summed E-state index contributed by atoms with van der Waals surface area (Å²) in [5, 5.41) is 9.75. The molecule has 3 heterocycles. The van der Waals surface area contributed by atoms with Gasteiger partial charge in [0.15, 0.2) is 5.82 Å². The lowest BCUT2D eigenvalue weighted by Crippen LogP contribution is -2.27. The molecule has 0 spiro atoms. The molecule has 0 aliphatic carbocycles. The van der Waals surface area contributed by atoms with Crippen LogP contribution in [0.5, 0.6) is 6.01 Å². The van der Waals surface area contributed by atoms with Crippen LogP contribution >= 0.6 is 11.6 Å². The van der Waals surface area contributed by atoms with Gasteiger partial charge in [-0.1, -0.05) is 31.5 Å². The minimum Gasteiger partial charge on any atom is -0.478 e. The number of hydrogen-bond donors (Lipinski definition) is 1. The fourth-order valence-electron chi connectivity index (χ4n) is 5.41. The number of carboxylic acid groups (broad SMARTS) is 1. The first kappa shape index (κ1) is 30.5. The molecule has 5 aromatic rings. The Bertz CT molecular complexity index is 1970. The van der Waals surface area contributed by atoms with Crippen LogP contribution in [0.1, 0.15) is 47.2 Å². The van der Waals surface area contributed by atoms with Gasteiger partial charge in [-0.05, 0) is 48.0 Å². The zero-order valence-electron chi connectivity index (χ0n) is 24.0. The lowest BCUT2D eigenvalue weighted by atomic mass is 9.87. The van der Waals surface area contributed by atoms with Crippen molar-refractivity contribution in [2.75, 3.05) is 13.2 Å². The number of imidazole rings is 1. The zero-order chi connectivity index (χ0) is 32.0. The summed E-state index contributed by atoms with van der Waals surface area (Å²) in [7, 11) is 0. The van der Waals surface area contributed by atoms with Crippen LogP contribution in [-0.4, -0.2) is 43.8 Å². The molecule has 0 radical (unpaired) electrons. The maximum Gasteiger partial charge on any atom is 0.335 e. The Morgan fingerprint density at radius 1 is 1.02 bits per heavy atom. The van der Waals surface area contributed by atoms with Crippen molar-refractivity contribution in [3.05, 3.63) is 106 Å². The Balaban J connectivity index is 1.33.